The lowest BCUT2D eigenvalue weighted by Gasteiger charge is -2.35. The smallest absolute Gasteiger partial charge is 0.260 e. The summed E-state index contributed by atoms with van der Waals surface area (Å²) in [6, 6.07) is 0.104. The number of nitrogens with one attached hydrogen (secondary N) is 1. The fraction of sp³-hybridized carbons (Fsp3) is 0.667. The van der Waals surface area contributed by atoms with E-state index in [0.29, 0.717) is 12.4 Å². The summed E-state index contributed by atoms with van der Waals surface area (Å²) >= 11 is 5.66. The fourth-order valence-corrected chi connectivity index (χ4v) is 3.63. The number of alkyl halides is 1. The van der Waals surface area contributed by atoms with E-state index in [0.717, 1.165) is 19.3 Å². The molecule has 1 aromatic heterocycles. The third-order valence-electron chi connectivity index (χ3n) is 2.85. The molecule has 0 aromatic carbocycles. The summed E-state index contributed by atoms with van der Waals surface area (Å²) in [5.74, 6) is 0.309. The van der Waals surface area contributed by atoms with Gasteiger partial charge in [-0.1, -0.05) is 6.42 Å². The number of nitrogens with zero attached hydrogens (tertiary/aromatic N) is 2. The molecular formula is C9H14ClN3O2S. The lowest BCUT2D eigenvalue weighted by atomic mass is 9.93. The van der Waals surface area contributed by atoms with Crippen LogP contribution < -0.4 is 0 Å². The third kappa shape index (κ3) is 2.09. The molecule has 1 aliphatic rings. The first-order chi connectivity index (χ1) is 7.66. The Kier molecular flexibility index (Phi) is 3.51. The SMILES string of the molecule is O=S(=O)(c1cnc[nH]1)N(CCCl)C1CCC1. The van der Waals surface area contributed by atoms with Crippen molar-refractivity contribution in [2.75, 3.05) is 12.4 Å². The molecule has 90 valence electrons. The van der Waals surface area contributed by atoms with Gasteiger partial charge >= 0.3 is 0 Å². The van der Waals surface area contributed by atoms with Gasteiger partial charge in [0.1, 0.15) is 0 Å². The average Bonchev–Trinajstić information content (AvgIpc) is 2.67. The van der Waals surface area contributed by atoms with Crippen molar-refractivity contribution in [3.05, 3.63) is 12.5 Å². The second-order valence-electron chi connectivity index (χ2n) is 3.81. The van der Waals surface area contributed by atoms with Gasteiger partial charge in [0, 0.05) is 18.5 Å². The minimum atomic E-state index is -3.45. The van der Waals surface area contributed by atoms with Crippen molar-refractivity contribution in [1.29, 1.82) is 0 Å². The van der Waals surface area contributed by atoms with Crippen molar-refractivity contribution < 1.29 is 8.42 Å². The van der Waals surface area contributed by atoms with Crippen LogP contribution in [0.25, 0.3) is 0 Å². The maximum Gasteiger partial charge on any atom is 0.260 e. The van der Waals surface area contributed by atoms with Gasteiger partial charge in [-0.2, -0.15) is 4.31 Å². The van der Waals surface area contributed by atoms with Crippen LogP contribution in [0.3, 0.4) is 0 Å². The Morgan fingerprint density at radius 2 is 2.31 bits per heavy atom. The summed E-state index contributed by atoms with van der Waals surface area (Å²) in [7, 11) is -3.45. The van der Waals surface area contributed by atoms with Gasteiger partial charge in [-0.05, 0) is 12.8 Å². The average molecular weight is 264 g/mol. The Hall–Kier alpha value is -0.590. The zero-order chi connectivity index (χ0) is 11.6. The van der Waals surface area contributed by atoms with E-state index in [2.05, 4.69) is 9.97 Å². The maximum absolute atomic E-state index is 12.2. The molecule has 0 aliphatic heterocycles. The van der Waals surface area contributed by atoms with Gasteiger partial charge < -0.3 is 4.98 Å². The highest BCUT2D eigenvalue weighted by Gasteiger charge is 2.35. The number of H-pyrrole nitrogens is 1. The quantitative estimate of drug-likeness (QED) is 0.812. The van der Waals surface area contributed by atoms with E-state index in [1.807, 2.05) is 0 Å². The van der Waals surface area contributed by atoms with Crippen LogP contribution >= 0.6 is 11.6 Å². The van der Waals surface area contributed by atoms with E-state index in [1.54, 1.807) is 0 Å². The molecule has 0 radical (unpaired) electrons. The molecule has 1 fully saturated rings. The topological polar surface area (TPSA) is 66.1 Å². The molecular weight excluding hydrogens is 250 g/mol. The molecule has 0 unspecified atom stereocenters. The Morgan fingerprint density at radius 3 is 2.75 bits per heavy atom. The van der Waals surface area contributed by atoms with Crippen molar-refractivity contribution in [2.24, 2.45) is 0 Å². The molecule has 0 bridgehead atoms. The Labute approximate surface area is 99.9 Å². The summed E-state index contributed by atoms with van der Waals surface area (Å²) in [5, 5.41) is 0.143. The van der Waals surface area contributed by atoms with Crippen LogP contribution in [0.15, 0.2) is 17.6 Å². The van der Waals surface area contributed by atoms with Crippen molar-refractivity contribution >= 4 is 21.6 Å². The zero-order valence-electron chi connectivity index (χ0n) is 8.76. The number of imidazole rings is 1. The number of hydrogen-bond acceptors (Lipinski definition) is 3. The summed E-state index contributed by atoms with van der Waals surface area (Å²) in [6.07, 6.45) is 5.62. The molecule has 0 spiro atoms. The highest BCUT2D eigenvalue weighted by molar-refractivity contribution is 7.89. The van der Waals surface area contributed by atoms with Crippen LogP contribution in [0.1, 0.15) is 19.3 Å². The Balaban J connectivity index is 2.24. The van der Waals surface area contributed by atoms with Crippen molar-refractivity contribution in [1.82, 2.24) is 14.3 Å². The summed E-state index contributed by atoms with van der Waals surface area (Å²) in [6.45, 7) is 0.355. The predicted octanol–water partition coefficient (Wildman–Crippen LogP) is 1.19. The minimum Gasteiger partial charge on any atom is -0.335 e. The van der Waals surface area contributed by atoms with Gasteiger partial charge in [0.2, 0.25) is 0 Å². The number of halogens is 1. The van der Waals surface area contributed by atoms with Crippen LogP contribution in [-0.2, 0) is 10.0 Å². The summed E-state index contributed by atoms with van der Waals surface area (Å²) in [5.41, 5.74) is 0. The van der Waals surface area contributed by atoms with Crippen molar-refractivity contribution in [3.63, 3.8) is 0 Å². The van der Waals surface area contributed by atoms with Gasteiger partial charge in [0.15, 0.2) is 5.03 Å². The Bertz CT molecular complexity index is 428. The molecule has 0 atom stereocenters. The maximum atomic E-state index is 12.2. The third-order valence-corrected chi connectivity index (χ3v) is 4.89. The molecule has 16 heavy (non-hydrogen) atoms. The van der Waals surface area contributed by atoms with Crippen LogP contribution in [0.2, 0.25) is 0 Å². The van der Waals surface area contributed by atoms with Gasteiger partial charge in [-0.25, -0.2) is 13.4 Å². The normalized spacial score (nSPS) is 17.6. The minimum absolute atomic E-state index is 0.104. The van der Waals surface area contributed by atoms with Gasteiger partial charge in [-0.15, -0.1) is 11.6 Å². The highest BCUT2D eigenvalue weighted by Crippen LogP contribution is 2.29. The van der Waals surface area contributed by atoms with Crippen LogP contribution in [-0.4, -0.2) is 41.2 Å². The second kappa shape index (κ2) is 4.73. The lowest BCUT2D eigenvalue weighted by molar-refractivity contribution is 0.227. The van der Waals surface area contributed by atoms with Crippen LogP contribution in [0.4, 0.5) is 0 Å². The fourth-order valence-electron chi connectivity index (χ4n) is 1.77. The van der Waals surface area contributed by atoms with E-state index in [-0.39, 0.29) is 11.1 Å². The van der Waals surface area contributed by atoms with E-state index in [4.69, 9.17) is 11.6 Å². The Morgan fingerprint density at radius 1 is 1.56 bits per heavy atom. The van der Waals surface area contributed by atoms with Gasteiger partial charge in [0.05, 0.1) is 12.5 Å². The monoisotopic (exact) mass is 263 g/mol. The van der Waals surface area contributed by atoms with E-state index < -0.39 is 10.0 Å². The van der Waals surface area contributed by atoms with Gasteiger partial charge in [0.25, 0.3) is 10.0 Å². The first-order valence-electron chi connectivity index (χ1n) is 5.22. The van der Waals surface area contributed by atoms with E-state index in [1.165, 1.54) is 16.8 Å². The molecule has 0 saturated heterocycles. The van der Waals surface area contributed by atoms with E-state index in [9.17, 15) is 8.42 Å². The summed E-state index contributed by atoms with van der Waals surface area (Å²) < 4.78 is 25.9. The molecule has 7 heteroatoms. The first kappa shape index (κ1) is 11.9. The summed E-state index contributed by atoms with van der Waals surface area (Å²) in [4.78, 5) is 6.38. The largest absolute Gasteiger partial charge is 0.335 e. The molecule has 1 N–H and O–H groups in total. The van der Waals surface area contributed by atoms with Crippen molar-refractivity contribution in [3.8, 4) is 0 Å². The van der Waals surface area contributed by atoms with Crippen LogP contribution in [0.5, 0.6) is 0 Å². The number of aromatic amines is 1. The first-order valence-corrected chi connectivity index (χ1v) is 7.20. The predicted molar refractivity (Wildman–Crippen MR) is 60.8 cm³/mol. The van der Waals surface area contributed by atoms with Gasteiger partial charge in [-0.3, -0.25) is 0 Å². The molecule has 1 aliphatic carbocycles. The molecule has 2 rings (SSSR count). The molecule has 1 saturated carbocycles. The number of sulfonamides is 1. The standard InChI is InChI=1S/C9H14ClN3O2S/c10-4-5-13(8-2-1-3-8)16(14,15)9-6-11-7-12-9/h6-8H,1-5H2,(H,11,12). The number of hydrogen-bond donors (Lipinski definition) is 1. The van der Waals surface area contributed by atoms with Crippen LogP contribution in [0, 0.1) is 0 Å². The van der Waals surface area contributed by atoms with Crippen molar-refractivity contribution in [2.45, 2.75) is 30.3 Å². The number of aromatic nitrogens is 2. The lowest BCUT2D eigenvalue weighted by Crippen LogP contribution is -2.45. The molecule has 1 aromatic rings. The zero-order valence-corrected chi connectivity index (χ0v) is 10.3. The number of rotatable bonds is 5. The highest BCUT2D eigenvalue weighted by atomic mass is 35.5. The molecule has 0 amide bonds. The molecule has 5 nitrogen and oxygen atoms in total. The van der Waals surface area contributed by atoms with E-state index >= 15 is 0 Å². The molecule has 1 heterocycles. The second-order valence-corrected chi connectivity index (χ2v) is 6.04.